The van der Waals surface area contributed by atoms with Crippen LogP contribution in [0.25, 0.3) is 0 Å². The van der Waals surface area contributed by atoms with Crippen molar-refractivity contribution in [1.29, 1.82) is 0 Å². The quantitative estimate of drug-likeness (QED) is 0.403. The van der Waals surface area contributed by atoms with Crippen molar-refractivity contribution < 1.29 is 25.5 Å². The molecular formula is C10H11NO5. The van der Waals surface area contributed by atoms with Crippen LogP contribution >= 0.6 is 0 Å². The van der Waals surface area contributed by atoms with Crippen molar-refractivity contribution in [1.82, 2.24) is 4.98 Å². The van der Waals surface area contributed by atoms with Crippen molar-refractivity contribution in [3.63, 3.8) is 0 Å². The first-order chi connectivity index (χ1) is 7.50. The number of hydrogen-bond donors (Lipinski definition) is 6. The maximum atomic E-state index is 8.65. The van der Waals surface area contributed by atoms with Gasteiger partial charge in [0.05, 0.1) is 6.20 Å². The highest BCUT2D eigenvalue weighted by atomic mass is 16.3. The molecule has 1 aromatic heterocycles. The van der Waals surface area contributed by atoms with E-state index in [-0.39, 0.29) is 17.2 Å². The molecule has 86 valence electrons. The number of rotatable bonds is 0. The minimum Gasteiger partial charge on any atom is -0.508 e. The Morgan fingerprint density at radius 2 is 1.44 bits per heavy atom. The highest BCUT2D eigenvalue weighted by Gasteiger charge is 2.04. The van der Waals surface area contributed by atoms with Gasteiger partial charge < -0.3 is 30.5 Å². The Kier molecular flexibility index (Phi) is 3.49. The summed E-state index contributed by atoms with van der Waals surface area (Å²) in [5, 5.41) is 42.8. The summed E-state index contributed by atoms with van der Waals surface area (Å²) in [5.74, 6) is -1.09. The fourth-order valence-electron chi connectivity index (χ4n) is 0.888. The first kappa shape index (κ1) is 11.6. The highest BCUT2D eigenvalue weighted by molar-refractivity contribution is 5.44. The Hall–Kier alpha value is -2.50. The third kappa shape index (κ3) is 3.02. The monoisotopic (exact) mass is 225 g/mol. The van der Waals surface area contributed by atoms with Gasteiger partial charge >= 0.3 is 0 Å². The predicted octanol–water partition coefficient (Wildman–Crippen LogP) is 1.23. The summed E-state index contributed by atoms with van der Waals surface area (Å²) >= 11 is 0. The maximum absolute atomic E-state index is 8.65. The molecule has 0 fully saturated rings. The van der Waals surface area contributed by atoms with E-state index in [9.17, 15) is 0 Å². The summed E-state index contributed by atoms with van der Waals surface area (Å²) in [4.78, 5) is 2.19. The average Bonchev–Trinajstić information content (AvgIpc) is 2.50. The molecule has 0 bridgehead atoms. The Bertz CT molecular complexity index is 429. The van der Waals surface area contributed by atoms with E-state index in [4.69, 9.17) is 25.5 Å². The molecule has 6 N–H and O–H groups in total. The second-order valence-corrected chi connectivity index (χ2v) is 2.89. The van der Waals surface area contributed by atoms with Gasteiger partial charge in [0, 0.05) is 6.07 Å². The van der Waals surface area contributed by atoms with Gasteiger partial charge in [-0.1, -0.05) is 6.07 Å². The van der Waals surface area contributed by atoms with Gasteiger partial charge in [-0.05, 0) is 12.1 Å². The van der Waals surface area contributed by atoms with Crippen molar-refractivity contribution >= 4 is 0 Å². The fraction of sp³-hybridized carbons (Fsp3) is 0. The SMILES string of the molecule is Oc1c[nH]c(O)c1O.Oc1cccc(O)c1. The molecule has 2 aromatic rings. The Labute approximate surface area is 90.7 Å². The molecule has 0 radical (unpaired) electrons. The molecule has 6 heteroatoms. The number of benzene rings is 1. The van der Waals surface area contributed by atoms with Gasteiger partial charge in [-0.3, -0.25) is 0 Å². The van der Waals surface area contributed by atoms with E-state index in [2.05, 4.69) is 4.98 Å². The van der Waals surface area contributed by atoms with E-state index in [0.29, 0.717) is 0 Å². The van der Waals surface area contributed by atoms with Crippen LogP contribution in [0.2, 0.25) is 0 Å². The molecule has 2 rings (SSSR count). The zero-order valence-corrected chi connectivity index (χ0v) is 8.12. The number of aromatic amines is 1. The van der Waals surface area contributed by atoms with Crippen LogP contribution in [-0.4, -0.2) is 30.5 Å². The van der Waals surface area contributed by atoms with E-state index in [1.54, 1.807) is 6.07 Å². The van der Waals surface area contributed by atoms with Gasteiger partial charge in [-0.25, -0.2) is 0 Å². The minimum absolute atomic E-state index is 0.0880. The van der Waals surface area contributed by atoms with Crippen molar-refractivity contribution in [3.05, 3.63) is 30.5 Å². The second kappa shape index (κ2) is 4.83. The summed E-state index contributed by atoms with van der Waals surface area (Å²) in [6.45, 7) is 0. The van der Waals surface area contributed by atoms with Crippen LogP contribution in [0, 0.1) is 0 Å². The van der Waals surface area contributed by atoms with Gasteiger partial charge in [0.25, 0.3) is 0 Å². The molecule has 0 spiro atoms. The molecule has 16 heavy (non-hydrogen) atoms. The van der Waals surface area contributed by atoms with Gasteiger partial charge in [0.1, 0.15) is 11.5 Å². The number of aromatic hydroxyl groups is 5. The van der Waals surface area contributed by atoms with E-state index in [1.807, 2.05) is 0 Å². The third-order valence-electron chi connectivity index (χ3n) is 1.64. The topological polar surface area (TPSA) is 117 Å². The van der Waals surface area contributed by atoms with E-state index in [1.165, 1.54) is 18.2 Å². The molecule has 1 aromatic carbocycles. The molecule has 0 atom stereocenters. The zero-order chi connectivity index (χ0) is 12.1. The third-order valence-corrected chi connectivity index (χ3v) is 1.64. The molecule has 0 aliphatic carbocycles. The molecule has 0 aliphatic heterocycles. The molecule has 6 nitrogen and oxygen atoms in total. The van der Waals surface area contributed by atoms with E-state index < -0.39 is 11.6 Å². The lowest BCUT2D eigenvalue weighted by Crippen LogP contribution is -1.61. The average molecular weight is 225 g/mol. The van der Waals surface area contributed by atoms with Crippen LogP contribution < -0.4 is 0 Å². The highest BCUT2D eigenvalue weighted by Crippen LogP contribution is 2.32. The Balaban J connectivity index is 0.000000160. The lowest BCUT2D eigenvalue weighted by molar-refractivity contribution is 0.371. The summed E-state index contributed by atoms with van der Waals surface area (Å²) in [6.07, 6.45) is 1.09. The van der Waals surface area contributed by atoms with Crippen LogP contribution in [0.5, 0.6) is 28.9 Å². The smallest absolute Gasteiger partial charge is 0.236 e. The van der Waals surface area contributed by atoms with Gasteiger partial charge in [0.2, 0.25) is 11.6 Å². The molecule has 0 aliphatic rings. The minimum atomic E-state index is -0.509. The standard InChI is InChI=1S/C6H6O2.C4H5NO3/c7-5-2-1-3-6(8)4-5;6-2-1-5-4(8)3(2)7/h1-4,7-8H;1,5-8H. The van der Waals surface area contributed by atoms with Crippen LogP contribution in [-0.2, 0) is 0 Å². The number of hydrogen-bond acceptors (Lipinski definition) is 5. The van der Waals surface area contributed by atoms with E-state index >= 15 is 0 Å². The van der Waals surface area contributed by atoms with Crippen LogP contribution in [0.1, 0.15) is 0 Å². The predicted molar refractivity (Wildman–Crippen MR) is 55.6 cm³/mol. The zero-order valence-electron chi connectivity index (χ0n) is 8.12. The second-order valence-electron chi connectivity index (χ2n) is 2.89. The van der Waals surface area contributed by atoms with Crippen molar-refractivity contribution in [2.75, 3.05) is 0 Å². The molecule has 1 heterocycles. The molecule has 0 unspecified atom stereocenters. The first-order valence-corrected chi connectivity index (χ1v) is 4.27. The molecular weight excluding hydrogens is 214 g/mol. The summed E-state index contributed by atoms with van der Waals surface area (Å²) in [7, 11) is 0. The van der Waals surface area contributed by atoms with Gasteiger partial charge in [-0.15, -0.1) is 0 Å². The van der Waals surface area contributed by atoms with Crippen LogP contribution in [0.15, 0.2) is 30.5 Å². The summed E-state index contributed by atoms with van der Waals surface area (Å²) in [6, 6.07) is 5.85. The molecule has 0 saturated heterocycles. The number of H-pyrrole nitrogens is 1. The van der Waals surface area contributed by atoms with Crippen LogP contribution in [0.4, 0.5) is 0 Å². The largest absolute Gasteiger partial charge is 0.508 e. The van der Waals surface area contributed by atoms with Gasteiger partial charge in [0.15, 0.2) is 5.75 Å². The molecule has 0 saturated carbocycles. The molecule has 0 amide bonds. The number of phenolic OH excluding ortho intramolecular Hbond substituents is 2. The maximum Gasteiger partial charge on any atom is 0.236 e. The lowest BCUT2D eigenvalue weighted by atomic mass is 10.3. The van der Waals surface area contributed by atoms with Crippen molar-refractivity contribution in [2.24, 2.45) is 0 Å². The summed E-state index contributed by atoms with van der Waals surface area (Å²) < 4.78 is 0. The van der Waals surface area contributed by atoms with Crippen molar-refractivity contribution in [3.8, 4) is 28.9 Å². The van der Waals surface area contributed by atoms with E-state index in [0.717, 1.165) is 6.20 Å². The normalized spacial score (nSPS) is 9.25. The first-order valence-electron chi connectivity index (χ1n) is 4.27. The number of phenols is 2. The van der Waals surface area contributed by atoms with Crippen molar-refractivity contribution in [2.45, 2.75) is 0 Å². The Morgan fingerprint density at radius 3 is 1.62 bits per heavy atom. The van der Waals surface area contributed by atoms with Gasteiger partial charge in [-0.2, -0.15) is 0 Å². The number of nitrogens with one attached hydrogen (secondary N) is 1. The summed E-state index contributed by atoms with van der Waals surface area (Å²) in [5.41, 5.74) is 0. The van der Waals surface area contributed by atoms with Crippen LogP contribution in [0.3, 0.4) is 0 Å². The number of aromatic nitrogens is 1. The lowest BCUT2D eigenvalue weighted by Gasteiger charge is -1.89. The Morgan fingerprint density at radius 1 is 0.875 bits per heavy atom. The fourth-order valence-corrected chi connectivity index (χ4v) is 0.888.